The van der Waals surface area contributed by atoms with Crippen LogP contribution in [0.5, 0.6) is 0 Å². The number of hydrogen-bond donors (Lipinski definition) is 2. The fourth-order valence-corrected chi connectivity index (χ4v) is 7.67. The topological polar surface area (TPSA) is 69.2 Å². The molecule has 0 bridgehead atoms. The zero-order valence-corrected chi connectivity index (χ0v) is 25.8. The molecule has 1 aromatic heterocycles. The van der Waals surface area contributed by atoms with Gasteiger partial charge in [-0.1, -0.05) is 61.7 Å². The molecule has 0 spiro atoms. The van der Waals surface area contributed by atoms with Gasteiger partial charge in [-0.05, 0) is 98.2 Å². The molecular formula is C34H44Cl2FN3O2. The number of hydrogen-bond acceptors (Lipinski definition) is 3. The van der Waals surface area contributed by atoms with E-state index in [4.69, 9.17) is 0 Å². The number of likely N-dealkylation sites (tertiary alicyclic amines) is 1. The number of nitrogens with one attached hydrogen (secondary N) is 1. The average Bonchev–Trinajstić information content (AvgIpc) is 3.56. The second-order valence-electron chi connectivity index (χ2n) is 12.7. The van der Waals surface area contributed by atoms with Gasteiger partial charge in [0, 0.05) is 24.6 Å². The molecule has 4 atom stereocenters. The van der Waals surface area contributed by atoms with Crippen LogP contribution >= 0.6 is 24.8 Å². The number of H-pyrrole nitrogens is 1. The van der Waals surface area contributed by atoms with E-state index in [2.05, 4.69) is 45.4 Å². The van der Waals surface area contributed by atoms with E-state index in [1.165, 1.54) is 36.6 Å². The molecule has 2 aliphatic carbocycles. The number of carboxylic acid groups (broad SMARTS) is 1. The standard InChI is InChI=1S/C34H42FN3O2.2ClH/c35-29-11-5-10-26(19-29)31-20-27(32(34(39)40)17-24-8-4-9-24)18-28(31)22-38-14-12-25(13-15-38)33-21-30(36-37-33)16-23-6-2-1-3-7-23;;/h1-3,5-7,10-11,19,21,24-25,27-28,31-32H,4,8-9,12-18,20,22H2,(H,36,37)(H,39,40);2*1H/t27?,28?,31?,32-;;/m0../s1. The summed E-state index contributed by atoms with van der Waals surface area (Å²) >= 11 is 0. The predicted octanol–water partition coefficient (Wildman–Crippen LogP) is 7.86. The molecule has 0 radical (unpaired) electrons. The van der Waals surface area contributed by atoms with E-state index < -0.39 is 5.97 Å². The maximum atomic E-state index is 14.2. The van der Waals surface area contributed by atoms with Crippen molar-refractivity contribution in [3.63, 3.8) is 0 Å². The van der Waals surface area contributed by atoms with Crippen LogP contribution in [0.2, 0.25) is 0 Å². The van der Waals surface area contributed by atoms with E-state index in [0.717, 1.165) is 69.4 Å². The van der Waals surface area contributed by atoms with E-state index in [1.807, 2.05) is 12.1 Å². The lowest BCUT2D eigenvalue weighted by molar-refractivity contribution is -0.144. The van der Waals surface area contributed by atoms with E-state index in [9.17, 15) is 14.3 Å². The number of aliphatic carboxylic acids is 1. The summed E-state index contributed by atoms with van der Waals surface area (Å²) in [6, 6.07) is 19.7. The van der Waals surface area contributed by atoms with Crippen LogP contribution in [-0.4, -0.2) is 45.8 Å². The number of benzene rings is 2. The fourth-order valence-electron chi connectivity index (χ4n) is 7.67. The van der Waals surface area contributed by atoms with Crippen molar-refractivity contribution in [3.8, 4) is 0 Å². The van der Waals surface area contributed by atoms with E-state index in [1.54, 1.807) is 12.1 Å². The number of piperidine rings is 1. The Labute approximate surface area is 261 Å². The molecular weight excluding hydrogens is 572 g/mol. The van der Waals surface area contributed by atoms with Crippen LogP contribution in [0.4, 0.5) is 4.39 Å². The van der Waals surface area contributed by atoms with Gasteiger partial charge in [0.15, 0.2) is 0 Å². The predicted molar refractivity (Wildman–Crippen MR) is 169 cm³/mol. The van der Waals surface area contributed by atoms with Crippen LogP contribution in [-0.2, 0) is 11.2 Å². The highest BCUT2D eigenvalue weighted by molar-refractivity contribution is 5.85. The molecule has 5 nitrogen and oxygen atoms in total. The average molecular weight is 617 g/mol. The normalized spacial score (nSPS) is 23.9. The number of aromatic nitrogens is 2. The quantitative estimate of drug-likeness (QED) is 0.243. The molecule has 1 aliphatic heterocycles. The zero-order chi connectivity index (χ0) is 27.5. The van der Waals surface area contributed by atoms with Crippen LogP contribution in [0.25, 0.3) is 0 Å². The van der Waals surface area contributed by atoms with Crippen LogP contribution in [0.15, 0.2) is 60.7 Å². The maximum absolute atomic E-state index is 14.2. The molecule has 3 aromatic rings. The third kappa shape index (κ3) is 7.75. The van der Waals surface area contributed by atoms with Crippen LogP contribution in [0.1, 0.15) is 85.7 Å². The van der Waals surface area contributed by atoms with E-state index >= 15 is 0 Å². The van der Waals surface area contributed by atoms with Crippen LogP contribution < -0.4 is 0 Å². The molecule has 2 heterocycles. The van der Waals surface area contributed by atoms with Gasteiger partial charge in [-0.25, -0.2) is 4.39 Å². The molecule has 1 saturated heterocycles. The summed E-state index contributed by atoms with van der Waals surface area (Å²) in [7, 11) is 0. The monoisotopic (exact) mass is 615 g/mol. The van der Waals surface area contributed by atoms with Gasteiger partial charge in [-0.2, -0.15) is 5.10 Å². The molecule has 2 N–H and O–H groups in total. The second-order valence-corrected chi connectivity index (χ2v) is 12.7. The Morgan fingerprint density at radius 2 is 1.76 bits per heavy atom. The highest BCUT2D eigenvalue weighted by Crippen LogP contribution is 2.49. The fraction of sp³-hybridized carbons (Fsp3) is 0.529. The number of carbonyl (C=O) groups is 1. The van der Waals surface area contributed by atoms with Crippen molar-refractivity contribution in [1.29, 1.82) is 0 Å². The third-order valence-corrected chi connectivity index (χ3v) is 10.1. The van der Waals surface area contributed by atoms with Gasteiger partial charge in [0.1, 0.15) is 5.82 Å². The number of aromatic amines is 1. The molecule has 2 saturated carbocycles. The minimum atomic E-state index is -0.637. The van der Waals surface area contributed by atoms with Gasteiger partial charge in [-0.3, -0.25) is 9.89 Å². The number of halogens is 3. The first-order chi connectivity index (χ1) is 19.5. The molecule has 6 rings (SSSR count). The first kappa shape index (κ1) is 32.5. The lowest BCUT2D eigenvalue weighted by Gasteiger charge is -2.34. The van der Waals surface area contributed by atoms with Crippen molar-refractivity contribution in [3.05, 3.63) is 89.0 Å². The van der Waals surface area contributed by atoms with Crippen molar-refractivity contribution in [2.45, 2.75) is 69.6 Å². The summed E-state index contributed by atoms with van der Waals surface area (Å²) in [4.78, 5) is 14.9. The Bertz CT molecular complexity index is 1280. The number of carboxylic acids is 1. The van der Waals surface area contributed by atoms with Crippen molar-refractivity contribution in [2.24, 2.45) is 23.7 Å². The van der Waals surface area contributed by atoms with Gasteiger partial charge in [0.25, 0.3) is 0 Å². The maximum Gasteiger partial charge on any atom is 0.306 e. The Kier molecular flexibility index (Phi) is 11.5. The molecule has 228 valence electrons. The Balaban J connectivity index is 0.00000202. The minimum Gasteiger partial charge on any atom is -0.481 e. The Morgan fingerprint density at radius 1 is 1.00 bits per heavy atom. The molecule has 3 fully saturated rings. The van der Waals surface area contributed by atoms with Crippen molar-refractivity contribution in [1.82, 2.24) is 15.1 Å². The number of nitrogens with zero attached hydrogens (tertiary/aromatic N) is 2. The van der Waals surface area contributed by atoms with Gasteiger partial charge in [-0.15, -0.1) is 24.8 Å². The van der Waals surface area contributed by atoms with E-state index in [0.29, 0.717) is 17.8 Å². The first-order valence-corrected chi connectivity index (χ1v) is 15.3. The summed E-state index contributed by atoms with van der Waals surface area (Å²) in [5, 5.41) is 18.1. The van der Waals surface area contributed by atoms with E-state index in [-0.39, 0.29) is 48.4 Å². The van der Waals surface area contributed by atoms with Gasteiger partial charge in [0.05, 0.1) is 11.6 Å². The summed E-state index contributed by atoms with van der Waals surface area (Å²) in [5.41, 5.74) is 4.65. The molecule has 42 heavy (non-hydrogen) atoms. The van der Waals surface area contributed by atoms with Crippen molar-refractivity contribution >= 4 is 30.8 Å². The zero-order valence-electron chi connectivity index (χ0n) is 24.2. The molecule has 3 unspecified atom stereocenters. The summed E-state index contributed by atoms with van der Waals surface area (Å²) < 4.78 is 14.2. The van der Waals surface area contributed by atoms with Crippen LogP contribution in [0, 0.1) is 29.5 Å². The third-order valence-electron chi connectivity index (χ3n) is 10.1. The molecule has 8 heteroatoms. The largest absolute Gasteiger partial charge is 0.481 e. The SMILES string of the molecule is Cl.Cl.O=C(O)[C@@H](CC1CCC1)C1CC(CN2CCC(c3cc(Cc4ccccc4)n[nH]3)CC2)C(c2cccc(F)c2)C1. The highest BCUT2D eigenvalue weighted by atomic mass is 35.5. The van der Waals surface area contributed by atoms with Crippen molar-refractivity contribution in [2.75, 3.05) is 19.6 Å². The lowest BCUT2D eigenvalue weighted by Crippen LogP contribution is -2.37. The van der Waals surface area contributed by atoms with Crippen molar-refractivity contribution < 1.29 is 14.3 Å². The number of rotatable bonds is 10. The Hall–Kier alpha value is -2.41. The van der Waals surface area contributed by atoms with Gasteiger partial charge < -0.3 is 10.0 Å². The van der Waals surface area contributed by atoms with Crippen LogP contribution in [0.3, 0.4) is 0 Å². The summed E-state index contributed by atoms with van der Waals surface area (Å²) in [6.45, 7) is 3.01. The lowest BCUT2D eigenvalue weighted by atomic mass is 9.74. The smallest absolute Gasteiger partial charge is 0.306 e. The molecule has 2 aromatic carbocycles. The minimum absolute atomic E-state index is 0. The second kappa shape index (κ2) is 14.9. The van der Waals surface area contributed by atoms with Gasteiger partial charge in [0.2, 0.25) is 0 Å². The van der Waals surface area contributed by atoms with Gasteiger partial charge >= 0.3 is 5.97 Å². The summed E-state index contributed by atoms with van der Waals surface area (Å²) in [5.74, 6) is 0.694. The first-order valence-electron chi connectivity index (χ1n) is 15.3. The Morgan fingerprint density at radius 3 is 2.43 bits per heavy atom. The highest BCUT2D eigenvalue weighted by Gasteiger charge is 2.43. The molecule has 0 amide bonds. The molecule has 3 aliphatic rings. The summed E-state index contributed by atoms with van der Waals surface area (Å²) in [6.07, 6.45) is 9.20.